The number of nitrogens with one attached hydrogen (secondary N) is 1. The highest BCUT2D eigenvalue weighted by Gasteiger charge is 2.47. The van der Waals surface area contributed by atoms with Gasteiger partial charge in [0.25, 0.3) is 0 Å². The number of carbonyl (C=O) groups excluding carboxylic acids is 1. The van der Waals surface area contributed by atoms with E-state index >= 15 is 0 Å². The van der Waals surface area contributed by atoms with Crippen LogP contribution in [0.4, 0.5) is 4.79 Å². The Bertz CT molecular complexity index is 352. The molecule has 0 saturated carbocycles. The van der Waals surface area contributed by atoms with E-state index in [1.54, 1.807) is 0 Å². The summed E-state index contributed by atoms with van der Waals surface area (Å²) in [4.78, 5) is 22.8. The minimum atomic E-state index is -1.12. The maximum atomic E-state index is 12.4. The second kappa shape index (κ2) is 6.46. The number of rotatable bonds is 5. The van der Waals surface area contributed by atoms with Crippen LogP contribution < -0.4 is 5.32 Å². The maximum absolute atomic E-state index is 12.4. The van der Waals surface area contributed by atoms with Gasteiger partial charge in [0.1, 0.15) is 6.61 Å². The van der Waals surface area contributed by atoms with E-state index in [0.29, 0.717) is 6.42 Å². The fraction of sp³-hybridized carbons (Fsp3) is 0.867. The maximum Gasteiger partial charge on any atom is 0.404 e. The molecule has 0 aromatic carbocycles. The molecule has 0 heterocycles. The predicted molar refractivity (Wildman–Crippen MR) is 78.6 cm³/mol. The summed E-state index contributed by atoms with van der Waals surface area (Å²) in [5.74, 6) is -0.271. The average Bonchev–Trinajstić information content (AvgIpc) is 2.19. The first-order chi connectivity index (χ1) is 8.79. The van der Waals surface area contributed by atoms with Crippen molar-refractivity contribution in [2.75, 3.05) is 13.2 Å². The molecule has 0 aromatic heterocycles. The van der Waals surface area contributed by atoms with Gasteiger partial charge in [-0.05, 0) is 24.2 Å². The molecule has 0 aliphatic rings. The zero-order valence-electron chi connectivity index (χ0n) is 13.8. The summed E-state index contributed by atoms with van der Waals surface area (Å²) < 4.78 is 5.27. The van der Waals surface area contributed by atoms with Crippen molar-refractivity contribution in [1.29, 1.82) is 0 Å². The normalized spacial score (nSPS) is 15.3. The Labute approximate surface area is 122 Å². The van der Waals surface area contributed by atoms with E-state index in [1.165, 1.54) is 0 Å². The minimum absolute atomic E-state index is 0.000362. The molecule has 5 heteroatoms. The highest BCUT2D eigenvalue weighted by Crippen LogP contribution is 2.47. The van der Waals surface area contributed by atoms with Crippen molar-refractivity contribution < 1.29 is 19.4 Å². The van der Waals surface area contributed by atoms with Gasteiger partial charge in [-0.25, -0.2) is 4.79 Å². The van der Waals surface area contributed by atoms with Crippen molar-refractivity contribution in [3.63, 3.8) is 0 Å². The van der Waals surface area contributed by atoms with Gasteiger partial charge in [0.05, 0.1) is 12.0 Å². The first-order valence-electron chi connectivity index (χ1n) is 6.94. The minimum Gasteiger partial charge on any atom is -0.465 e. The van der Waals surface area contributed by atoms with Crippen molar-refractivity contribution in [2.24, 2.45) is 16.2 Å². The Balaban J connectivity index is 4.80. The topological polar surface area (TPSA) is 75.6 Å². The van der Waals surface area contributed by atoms with Crippen molar-refractivity contribution in [3.05, 3.63) is 0 Å². The molecule has 0 saturated heterocycles. The zero-order chi connectivity index (χ0) is 16.2. The molecule has 0 aromatic rings. The van der Waals surface area contributed by atoms with Gasteiger partial charge in [0.2, 0.25) is 0 Å². The van der Waals surface area contributed by atoms with Gasteiger partial charge in [-0.3, -0.25) is 4.79 Å². The van der Waals surface area contributed by atoms with Crippen molar-refractivity contribution in [2.45, 2.75) is 54.9 Å². The fourth-order valence-electron chi connectivity index (χ4n) is 2.17. The molecule has 0 aliphatic heterocycles. The van der Waals surface area contributed by atoms with Crippen LogP contribution >= 0.6 is 0 Å². The Kier molecular flexibility index (Phi) is 6.05. The molecule has 20 heavy (non-hydrogen) atoms. The number of hydrogen-bond donors (Lipinski definition) is 2. The van der Waals surface area contributed by atoms with Crippen molar-refractivity contribution >= 4 is 12.1 Å². The first-order valence-corrected chi connectivity index (χ1v) is 6.94. The fourth-order valence-corrected chi connectivity index (χ4v) is 2.17. The summed E-state index contributed by atoms with van der Waals surface area (Å²) in [6.45, 7) is 14.4. The number of ether oxygens (including phenoxy) is 1. The molecule has 0 radical (unpaired) electrons. The van der Waals surface area contributed by atoms with Gasteiger partial charge >= 0.3 is 12.1 Å². The molecule has 1 atom stereocenters. The van der Waals surface area contributed by atoms with Crippen LogP contribution in [-0.4, -0.2) is 30.3 Å². The predicted octanol–water partition coefficient (Wildman–Crippen LogP) is 3.29. The molecule has 1 amide bonds. The Morgan fingerprint density at radius 1 is 1.05 bits per heavy atom. The largest absolute Gasteiger partial charge is 0.465 e. The third-order valence-corrected chi connectivity index (χ3v) is 3.60. The molecule has 5 nitrogen and oxygen atoms in total. The van der Waals surface area contributed by atoms with Gasteiger partial charge < -0.3 is 15.2 Å². The third-order valence-electron chi connectivity index (χ3n) is 3.60. The van der Waals surface area contributed by atoms with Crippen LogP contribution in [0, 0.1) is 16.2 Å². The molecule has 0 aliphatic carbocycles. The molecule has 2 N–H and O–H groups in total. The van der Waals surface area contributed by atoms with Gasteiger partial charge in [-0.15, -0.1) is 0 Å². The van der Waals surface area contributed by atoms with E-state index in [4.69, 9.17) is 9.84 Å². The second-order valence-electron chi connectivity index (χ2n) is 7.69. The van der Waals surface area contributed by atoms with Crippen LogP contribution in [0.15, 0.2) is 0 Å². The van der Waals surface area contributed by atoms with E-state index in [2.05, 4.69) is 26.1 Å². The molecule has 118 valence electrons. The van der Waals surface area contributed by atoms with Crippen LogP contribution in [0.3, 0.4) is 0 Å². The Hall–Kier alpha value is -1.26. The summed E-state index contributed by atoms with van der Waals surface area (Å²) in [6.07, 6.45) is -0.413. The van der Waals surface area contributed by atoms with Crippen molar-refractivity contribution in [1.82, 2.24) is 5.32 Å². The van der Waals surface area contributed by atoms with Crippen LogP contribution in [-0.2, 0) is 9.53 Å². The SMILES string of the molecule is CC(C)(C)CC(C)(C(=O)OCCNC(=O)O)C(C)(C)C. The molecule has 0 rings (SSSR count). The molecule has 0 spiro atoms. The molecular formula is C15H29NO4. The third kappa shape index (κ3) is 5.80. The molecule has 0 bridgehead atoms. The van der Waals surface area contributed by atoms with Crippen LogP contribution in [0.2, 0.25) is 0 Å². The van der Waals surface area contributed by atoms with Crippen molar-refractivity contribution in [3.8, 4) is 0 Å². The zero-order valence-corrected chi connectivity index (χ0v) is 13.8. The lowest BCUT2D eigenvalue weighted by Gasteiger charge is -2.43. The van der Waals surface area contributed by atoms with E-state index in [0.717, 1.165) is 0 Å². The number of esters is 1. The standard InChI is InChI=1S/C15H29NO4/c1-13(2,3)10-15(7,14(4,5)6)11(17)20-9-8-16-12(18)19/h16H,8-10H2,1-7H3,(H,18,19). The molecule has 1 unspecified atom stereocenters. The molecular weight excluding hydrogens is 258 g/mol. The summed E-state index contributed by atoms with van der Waals surface area (Å²) in [5.41, 5.74) is -0.855. The highest BCUT2D eigenvalue weighted by molar-refractivity contribution is 5.77. The van der Waals surface area contributed by atoms with E-state index in [1.807, 2.05) is 27.7 Å². The highest BCUT2D eigenvalue weighted by atomic mass is 16.5. The number of carboxylic acid groups (broad SMARTS) is 1. The lowest BCUT2D eigenvalue weighted by atomic mass is 9.61. The molecule has 0 fully saturated rings. The van der Waals surface area contributed by atoms with Crippen LogP contribution in [0.1, 0.15) is 54.9 Å². The monoisotopic (exact) mass is 287 g/mol. The summed E-state index contributed by atoms with van der Waals surface area (Å²) in [6, 6.07) is 0. The Morgan fingerprint density at radius 3 is 1.90 bits per heavy atom. The summed E-state index contributed by atoms with van der Waals surface area (Å²) >= 11 is 0. The van der Waals surface area contributed by atoms with Crippen LogP contribution in [0.25, 0.3) is 0 Å². The average molecular weight is 287 g/mol. The second-order valence-corrected chi connectivity index (χ2v) is 7.69. The lowest BCUT2D eigenvalue weighted by molar-refractivity contribution is -0.164. The van der Waals surface area contributed by atoms with Gasteiger partial charge in [-0.2, -0.15) is 0 Å². The Morgan fingerprint density at radius 2 is 1.55 bits per heavy atom. The quantitative estimate of drug-likeness (QED) is 0.601. The summed E-state index contributed by atoms with van der Waals surface area (Å²) in [7, 11) is 0. The van der Waals surface area contributed by atoms with E-state index < -0.39 is 11.5 Å². The van der Waals surface area contributed by atoms with Crippen LogP contribution in [0.5, 0.6) is 0 Å². The van der Waals surface area contributed by atoms with Gasteiger partial charge in [0, 0.05) is 0 Å². The number of carbonyl (C=O) groups is 2. The smallest absolute Gasteiger partial charge is 0.404 e. The summed E-state index contributed by atoms with van der Waals surface area (Å²) in [5, 5.41) is 10.6. The van der Waals surface area contributed by atoms with E-state index in [9.17, 15) is 9.59 Å². The van der Waals surface area contributed by atoms with Gasteiger partial charge in [0.15, 0.2) is 0 Å². The van der Waals surface area contributed by atoms with Gasteiger partial charge in [-0.1, -0.05) is 41.5 Å². The number of amides is 1. The van der Waals surface area contributed by atoms with E-state index in [-0.39, 0.29) is 30.0 Å². The lowest BCUT2D eigenvalue weighted by Crippen LogP contribution is -2.45. The number of hydrogen-bond acceptors (Lipinski definition) is 3. The first kappa shape index (κ1) is 18.7.